The summed E-state index contributed by atoms with van der Waals surface area (Å²) >= 11 is 0. The number of aliphatic hydroxyl groups excluding tert-OH is 1. The van der Waals surface area contributed by atoms with Crippen molar-refractivity contribution in [1.29, 1.82) is 0 Å². The first-order valence-electron chi connectivity index (χ1n) is 4.96. The third kappa shape index (κ3) is 3.75. The van der Waals surface area contributed by atoms with Gasteiger partial charge in [-0.15, -0.1) is 0 Å². The van der Waals surface area contributed by atoms with E-state index in [-0.39, 0.29) is 12.7 Å². The van der Waals surface area contributed by atoms with E-state index in [4.69, 9.17) is 9.84 Å². The Labute approximate surface area is 79.9 Å². The van der Waals surface area contributed by atoms with Gasteiger partial charge in [-0.05, 0) is 12.8 Å². The molecule has 0 aromatic carbocycles. The van der Waals surface area contributed by atoms with Crippen LogP contribution < -0.4 is 0 Å². The molecule has 1 aliphatic rings. The van der Waals surface area contributed by atoms with Crippen molar-refractivity contribution >= 4 is 0 Å². The van der Waals surface area contributed by atoms with E-state index in [9.17, 15) is 0 Å². The SMILES string of the molecule is CCCC1=CCC(OCCO)C=C1. The lowest BCUT2D eigenvalue weighted by Crippen LogP contribution is -2.14. The highest BCUT2D eigenvalue weighted by Crippen LogP contribution is 2.16. The molecule has 1 unspecified atom stereocenters. The maximum atomic E-state index is 8.57. The minimum absolute atomic E-state index is 0.107. The largest absolute Gasteiger partial charge is 0.394 e. The van der Waals surface area contributed by atoms with Crippen molar-refractivity contribution in [3.05, 3.63) is 23.8 Å². The Morgan fingerprint density at radius 1 is 1.62 bits per heavy atom. The van der Waals surface area contributed by atoms with Gasteiger partial charge in [0.15, 0.2) is 0 Å². The quantitative estimate of drug-likeness (QED) is 0.705. The number of hydrogen-bond acceptors (Lipinski definition) is 2. The molecule has 1 rings (SSSR count). The first kappa shape index (κ1) is 10.5. The molecule has 0 heterocycles. The van der Waals surface area contributed by atoms with Crippen LogP contribution >= 0.6 is 0 Å². The van der Waals surface area contributed by atoms with Gasteiger partial charge in [-0.3, -0.25) is 0 Å². The van der Waals surface area contributed by atoms with Crippen molar-refractivity contribution in [2.24, 2.45) is 0 Å². The van der Waals surface area contributed by atoms with Crippen LogP contribution in [0.2, 0.25) is 0 Å². The molecule has 1 N–H and O–H groups in total. The van der Waals surface area contributed by atoms with E-state index in [1.807, 2.05) is 0 Å². The van der Waals surface area contributed by atoms with Crippen molar-refractivity contribution in [2.45, 2.75) is 32.3 Å². The molecule has 1 aliphatic carbocycles. The fourth-order valence-electron chi connectivity index (χ4n) is 1.45. The fourth-order valence-corrected chi connectivity index (χ4v) is 1.45. The van der Waals surface area contributed by atoms with Crippen LogP contribution in [0.5, 0.6) is 0 Å². The summed E-state index contributed by atoms with van der Waals surface area (Å²) < 4.78 is 5.38. The van der Waals surface area contributed by atoms with Crippen LogP contribution in [-0.2, 0) is 4.74 Å². The van der Waals surface area contributed by atoms with E-state index in [2.05, 4.69) is 25.2 Å². The smallest absolute Gasteiger partial charge is 0.0794 e. The van der Waals surface area contributed by atoms with E-state index >= 15 is 0 Å². The molecular formula is C11H18O2. The normalized spacial score (nSPS) is 21.7. The second-order valence-corrected chi connectivity index (χ2v) is 3.26. The second kappa shape index (κ2) is 5.95. The molecule has 2 heteroatoms. The van der Waals surface area contributed by atoms with Gasteiger partial charge in [-0.2, -0.15) is 0 Å². The molecule has 0 saturated carbocycles. The Morgan fingerprint density at radius 3 is 3.00 bits per heavy atom. The van der Waals surface area contributed by atoms with Gasteiger partial charge >= 0.3 is 0 Å². The molecule has 1 atom stereocenters. The molecule has 13 heavy (non-hydrogen) atoms. The highest BCUT2D eigenvalue weighted by atomic mass is 16.5. The summed E-state index contributed by atoms with van der Waals surface area (Å²) in [6.07, 6.45) is 9.92. The highest BCUT2D eigenvalue weighted by molar-refractivity contribution is 5.24. The lowest BCUT2D eigenvalue weighted by Gasteiger charge is -2.16. The third-order valence-electron chi connectivity index (χ3n) is 2.10. The van der Waals surface area contributed by atoms with Crippen LogP contribution in [0.15, 0.2) is 23.8 Å². The Balaban J connectivity index is 2.26. The van der Waals surface area contributed by atoms with Gasteiger partial charge in [0, 0.05) is 0 Å². The molecular weight excluding hydrogens is 164 g/mol. The molecule has 0 radical (unpaired) electrons. The average Bonchev–Trinajstić information content (AvgIpc) is 2.17. The zero-order valence-corrected chi connectivity index (χ0v) is 8.20. The van der Waals surface area contributed by atoms with Gasteiger partial charge in [0.05, 0.1) is 19.3 Å². The molecule has 0 bridgehead atoms. The van der Waals surface area contributed by atoms with E-state index in [0.717, 1.165) is 12.8 Å². The van der Waals surface area contributed by atoms with Crippen LogP contribution in [0.4, 0.5) is 0 Å². The van der Waals surface area contributed by atoms with E-state index in [1.165, 1.54) is 12.0 Å². The maximum absolute atomic E-state index is 8.57. The first-order chi connectivity index (χ1) is 6.36. The Bertz CT molecular complexity index is 194. The molecule has 0 fully saturated rings. The van der Waals surface area contributed by atoms with E-state index in [0.29, 0.717) is 6.61 Å². The minimum atomic E-state index is 0.107. The lowest BCUT2D eigenvalue weighted by atomic mass is 10.0. The summed E-state index contributed by atoms with van der Waals surface area (Å²) in [4.78, 5) is 0. The molecule has 74 valence electrons. The van der Waals surface area contributed by atoms with E-state index in [1.54, 1.807) is 0 Å². The predicted octanol–water partition coefficient (Wildman–Crippen LogP) is 2.05. The number of allylic oxidation sites excluding steroid dienone is 2. The molecule has 0 spiro atoms. The number of aliphatic hydroxyl groups is 1. The second-order valence-electron chi connectivity index (χ2n) is 3.26. The van der Waals surface area contributed by atoms with Crippen LogP contribution in [0.1, 0.15) is 26.2 Å². The summed E-state index contributed by atoms with van der Waals surface area (Å²) in [5.74, 6) is 0. The summed E-state index contributed by atoms with van der Waals surface area (Å²) in [6, 6.07) is 0. The zero-order chi connectivity index (χ0) is 9.52. The zero-order valence-electron chi connectivity index (χ0n) is 8.20. The Hall–Kier alpha value is -0.600. The standard InChI is InChI=1S/C11H18O2/c1-2-3-10-4-6-11(7-5-10)13-9-8-12/h4-6,11-12H,2-3,7-9H2,1H3. The molecule has 0 saturated heterocycles. The summed E-state index contributed by atoms with van der Waals surface area (Å²) in [5, 5.41) is 8.57. The molecule has 0 aliphatic heterocycles. The van der Waals surface area contributed by atoms with E-state index < -0.39 is 0 Å². The molecule has 0 aromatic rings. The van der Waals surface area contributed by atoms with Crippen LogP contribution in [0, 0.1) is 0 Å². The Kier molecular flexibility index (Phi) is 4.79. The summed E-state index contributed by atoms with van der Waals surface area (Å²) in [6.45, 7) is 2.73. The monoisotopic (exact) mass is 182 g/mol. The van der Waals surface area contributed by atoms with Crippen molar-refractivity contribution in [1.82, 2.24) is 0 Å². The van der Waals surface area contributed by atoms with Gasteiger partial charge in [0.25, 0.3) is 0 Å². The molecule has 2 nitrogen and oxygen atoms in total. The van der Waals surface area contributed by atoms with Crippen molar-refractivity contribution in [3.8, 4) is 0 Å². The lowest BCUT2D eigenvalue weighted by molar-refractivity contribution is 0.0554. The highest BCUT2D eigenvalue weighted by Gasteiger charge is 2.07. The maximum Gasteiger partial charge on any atom is 0.0794 e. The predicted molar refractivity (Wildman–Crippen MR) is 53.6 cm³/mol. The van der Waals surface area contributed by atoms with Crippen LogP contribution in [-0.4, -0.2) is 24.4 Å². The first-order valence-corrected chi connectivity index (χ1v) is 4.96. The molecule has 0 aromatic heterocycles. The number of hydrogen-bond donors (Lipinski definition) is 1. The Morgan fingerprint density at radius 2 is 2.46 bits per heavy atom. The van der Waals surface area contributed by atoms with Crippen molar-refractivity contribution < 1.29 is 9.84 Å². The van der Waals surface area contributed by atoms with Crippen molar-refractivity contribution in [2.75, 3.05) is 13.2 Å². The van der Waals surface area contributed by atoms with Gasteiger partial charge in [0.2, 0.25) is 0 Å². The van der Waals surface area contributed by atoms with Gasteiger partial charge in [-0.1, -0.05) is 37.1 Å². The van der Waals surface area contributed by atoms with Crippen LogP contribution in [0.3, 0.4) is 0 Å². The summed E-state index contributed by atoms with van der Waals surface area (Å²) in [7, 11) is 0. The number of ether oxygens (including phenoxy) is 1. The van der Waals surface area contributed by atoms with Gasteiger partial charge in [0.1, 0.15) is 0 Å². The van der Waals surface area contributed by atoms with Crippen LogP contribution in [0.25, 0.3) is 0 Å². The topological polar surface area (TPSA) is 29.5 Å². The van der Waals surface area contributed by atoms with Crippen molar-refractivity contribution in [3.63, 3.8) is 0 Å². The van der Waals surface area contributed by atoms with Gasteiger partial charge < -0.3 is 9.84 Å². The third-order valence-corrected chi connectivity index (χ3v) is 2.10. The fraction of sp³-hybridized carbons (Fsp3) is 0.636. The summed E-state index contributed by atoms with van der Waals surface area (Å²) in [5.41, 5.74) is 1.41. The molecule has 0 amide bonds. The minimum Gasteiger partial charge on any atom is -0.394 e. The number of rotatable bonds is 5. The van der Waals surface area contributed by atoms with Gasteiger partial charge in [-0.25, -0.2) is 0 Å². The average molecular weight is 182 g/mol.